The maximum absolute atomic E-state index is 12.5. The lowest BCUT2D eigenvalue weighted by atomic mass is 10.2. The number of carbonyl (C=O) groups is 2. The molecule has 0 aliphatic carbocycles. The number of hydrogen-bond acceptors (Lipinski definition) is 6. The molecule has 0 unspecified atom stereocenters. The summed E-state index contributed by atoms with van der Waals surface area (Å²) in [6, 6.07) is 18.8. The smallest absolute Gasteiger partial charge is 0.261 e. The summed E-state index contributed by atoms with van der Waals surface area (Å²) in [5, 5.41) is 2.74. The van der Waals surface area contributed by atoms with Gasteiger partial charge in [-0.3, -0.25) is 14.3 Å². The van der Waals surface area contributed by atoms with Crippen LogP contribution in [0.1, 0.15) is 27.6 Å². The predicted molar refractivity (Wildman–Crippen MR) is 125 cm³/mol. The number of ether oxygens (including phenoxy) is 2. The summed E-state index contributed by atoms with van der Waals surface area (Å²) in [7, 11) is -2.24. The van der Waals surface area contributed by atoms with E-state index in [1.54, 1.807) is 31.4 Å². The molecule has 172 valence electrons. The van der Waals surface area contributed by atoms with Gasteiger partial charge in [0, 0.05) is 16.8 Å². The largest absolute Gasteiger partial charge is 0.497 e. The van der Waals surface area contributed by atoms with Crippen molar-refractivity contribution >= 4 is 27.4 Å². The molecular formula is C24H24N2O6S. The van der Waals surface area contributed by atoms with Crippen molar-refractivity contribution < 1.29 is 27.5 Å². The van der Waals surface area contributed by atoms with Gasteiger partial charge in [0.05, 0.1) is 18.6 Å². The molecule has 0 aromatic heterocycles. The van der Waals surface area contributed by atoms with E-state index in [-0.39, 0.29) is 16.6 Å². The summed E-state index contributed by atoms with van der Waals surface area (Å²) in [6.07, 6.45) is 0. The van der Waals surface area contributed by atoms with Crippen molar-refractivity contribution in [2.45, 2.75) is 11.8 Å². The second-order valence-electron chi connectivity index (χ2n) is 7.04. The molecule has 33 heavy (non-hydrogen) atoms. The molecule has 0 heterocycles. The Morgan fingerprint density at radius 1 is 0.818 bits per heavy atom. The van der Waals surface area contributed by atoms with Gasteiger partial charge < -0.3 is 14.8 Å². The number of rotatable bonds is 10. The first kappa shape index (κ1) is 23.8. The number of methoxy groups -OCH3 is 1. The van der Waals surface area contributed by atoms with E-state index in [9.17, 15) is 18.0 Å². The number of amides is 1. The maximum Gasteiger partial charge on any atom is 0.261 e. The van der Waals surface area contributed by atoms with Gasteiger partial charge in [-0.05, 0) is 67.6 Å². The van der Waals surface area contributed by atoms with E-state index >= 15 is 0 Å². The Morgan fingerprint density at radius 2 is 1.39 bits per heavy atom. The Labute approximate surface area is 192 Å². The van der Waals surface area contributed by atoms with Gasteiger partial charge in [0.1, 0.15) is 18.1 Å². The minimum absolute atomic E-state index is 0.0335. The second kappa shape index (κ2) is 10.6. The third kappa shape index (κ3) is 6.56. The Hall–Kier alpha value is -3.85. The lowest BCUT2D eigenvalue weighted by Gasteiger charge is -2.10. The highest BCUT2D eigenvalue weighted by atomic mass is 32.2. The first-order valence-electron chi connectivity index (χ1n) is 10.1. The van der Waals surface area contributed by atoms with Crippen LogP contribution in [0.2, 0.25) is 0 Å². The van der Waals surface area contributed by atoms with Crippen LogP contribution >= 0.6 is 0 Å². The number of nitrogens with one attached hydrogen (secondary N) is 2. The lowest BCUT2D eigenvalue weighted by Crippen LogP contribution is -2.28. The zero-order valence-corrected chi connectivity index (χ0v) is 19.0. The van der Waals surface area contributed by atoms with E-state index in [0.717, 1.165) is 5.75 Å². The summed E-state index contributed by atoms with van der Waals surface area (Å²) in [5.41, 5.74) is 1.12. The van der Waals surface area contributed by atoms with Crippen molar-refractivity contribution in [2.24, 2.45) is 0 Å². The Bertz CT molecular complexity index is 1210. The molecule has 0 fully saturated rings. The Kier molecular flexibility index (Phi) is 7.68. The molecule has 0 radical (unpaired) electrons. The fourth-order valence-corrected chi connectivity index (χ4v) is 3.94. The monoisotopic (exact) mass is 468 g/mol. The third-order valence-corrected chi connectivity index (χ3v) is 6.08. The molecule has 0 aliphatic heterocycles. The fraction of sp³-hybridized carbons (Fsp3) is 0.167. The van der Waals surface area contributed by atoms with Gasteiger partial charge in [-0.15, -0.1) is 0 Å². The molecule has 9 heteroatoms. The first-order valence-corrected chi connectivity index (χ1v) is 11.6. The number of hydrogen-bond donors (Lipinski definition) is 2. The summed E-state index contributed by atoms with van der Waals surface area (Å²) >= 11 is 0. The minimum atomic E-state index is -3.82. The molecule has 8 nitrogen and oxygen atoms in total. The molecular weight excluding hydrogens is 444 g/mol. The number of Topliss-reactive ketones (excluding diaryl/α,β-unsaturated/α-hetero) is 1. The summed E-state index contributed by atoms with van der Waals surface area (Å²) in [6.45, 7) is 2.00. The third-order valence-electron chi connectivity index (χ3n) is 4.69. The number of anilines is 1. The van der Waals surface area contributed by atoms with Gasteiger partial charge in [-0.2, -0.15) is 0 Å². The number of ketones is 1. The number of sulfonamides is 1. The van der Waals surface area contributed by atoms with E-state index in [0.29, 0.717) is 35.7 Å². The highest BCUT2D eigenvalue weighted by molar-refractivity contribution is 7.92. The Morgan fingerprint density at radius 3 is 1.97 bits per heavy atom. The molecule has 0 bridgehead atoms. The van der Waals surface area contributed by atoms with Crippen molar-refractivity contribution in [2.75, 3.05) is 25.0 Å². The predicted octanol–water partition coefficient (Wildman–Crippen LogP) is 3.51. The molecule has 0 saturated carbocycles. The van der Waals surface area contributed by atoms with E-state index in [1.807, 2.05) is 0 Å². The van der Waals surface area contributed by atoms with Crippen molar-refractivity contribution in [1.29, 1.82) is 0 Å². The molecule has 2 N–H and O–H groups in total. The molecule has 3 aromatic rings. The fourth-order valence-electron chi connectivity index (χ4n) is 2.88. The molecule has 0 spiro atoms. The lowest BCUT2D eigenvalue weighted by molar-refractivity contribution is 0.0946. The average molecular weight is 469 g/mol. The molecule has 3 rings (SSSR count). The first-order chi connectivity index (χ1) is 15.8. The van der Waals surface area contributed by atoms with Crippen LogP contribution in [0.5, 0.6) is 11.5 Å². The second-order valence-corrected chi connectivity index (χ2v) is 8.73. The van der Waals surface area contributed by atoms with Gasteiger partial charge >= 0.3 is 0 Å². The number of benzene rings is 3. The van der Waals surface area contributed by atoms with Crippen molar-refractivity contribution in [1.82, 2.24) is 5.32 Å². The summed E-state index contributed by atoms with van der Waals surface area (Å²) in [5.74, 6) is 0.945. The quantitative estimate of drug-likeness (QED) is 0.348. The van der Waals surface area contributed by atoms with Crippen LogP contribution in [0.25, 0.3) is 0 Å². The Balaban J connectivity index is 1.51. The standard InChI is InChI=1S/C24H24N2O6S/c1-17(27)18-5-13-23(14-6-18)33(29,30)26-20-7-3-19(4-8-20)24(28)25-15-16-32-22-11-9-21(31-2)10-12-22/h3-14,26H,15-16H2,1-2H3,(H,25,28). The van der Waals surface area contributed by atoms with E-state index in [2.05, 4.69) is 10.0 Å². The van der Waals surface area contributed by atoms with Gasteiger partial charge in [0.2, 0.25) is 0 Å². The average Bonchev–Trinajstić information content (AvgIpc) is 2.82. The SMILES string of the molecule is COc1ccc(OCCNC(=O)c2ccc(NS(=O)(=O)c3ccc(C(C)=O)cc3)cc2)cc1. The van der Waals surface area contributed by atoms with Crippen molar-refractivity contribution in [3.05, 3.63) is 83.9 Å². The van der Waals surface area contributed by atoms with E-state index in [1.165, 1.54) is 55.5 Å². The van der Waals surface area contributed by atoms with Crippen LogP contribution < -0.4 is 19.5 Å². The highest BCUT2D eigenvalue weighted by Gasteiger charge is 2.15. The van der Waals surface area contributed by atoms with Crippen molar-refractivity contribution in [3.8, 4) is 11.5 Å². The van der Waals surface area contributed by atoms with Crippen LogP contribution in [0.3, 0.4) is 0 Å². The zero-order valence-electron chi connectivity index (χ0n) is 18.2. The van der Waals surface area contributed by atoms with E-state index in [4.69, 9.17) is 9.47 Å². The summed E-state index contributed by atoms with van der Waals surface area (Å²) < 4.78 is 38.2. The van der Waals surface area contributed by atoms with Gasteiger partial charge in [0.25, 0.3) is 15.9 Å². The van der Waals surface area contributed by atoms with Gasteiger partial charge in [0.15, 0.2) is 5.78 Å². The molecule has 1 amide bonds. The topological polar surface area (TPSA) is 111 Å². The highest BCUT2D eigenvalue weighted by Crippen LogP contribution is 2.18. The van der Waals surface area contributed by atoms with Gasteiger partial charge in [-0.25, -0.2) is 8.42 Å². The van der Waals surface area contributed by atoms with Crippen molar-refractivity contribution in [3.63, 3.8) is 0 Å². The van der Waals surface area contributed by atoms with Crippen LogP contribution in [0.15, 0.2) is 77.7 Å². The normalized spacial score (nSPS) is 10.8. The minimum Gasteiger partial charge on any atom is -0.497 e. The molecule has 0 aliphatic rings. The van der Waals surface area contributed by atoms with E-state index < -0.39 is 10.0 Å². The molecule has 3 aromatic carbocycles. The maximum atomic E-state index is 12.5. The van der Waals surface area contributed by atoms with Crippen LogP contribution in [-0.2, 0) is 10.0 Å². The van der Waals surface area contributed by atoms with Gasteiger partial charge in [-0.1, -0.05) is 12.1 Å². The van der Waals surface area contributed by atoms with Crippen LogP contribution in [0.4, 0.5) is 5.69 Å². The molecule has 0 atom stereocenters. The number of carbonyl (C=O) groups excluding carboxylic acids is 2. The summed E-state index contributed by atoms with van der Waals surface area (Å²) in [4.78, 5) is 23.7. The zero-order chi connectivity index (χ0) is 23.8. The van der Waals surface area contributed by atoms with Crippen LogP contribution in [-0.4, -0.2) is 40.4 Å². The molecule has 0 saturated heterocycles. The van der Waals surface area contributed by atoms with Crippen LogP contribution in [0, 0.1) is 0 Å².